The Kier molecular flexibility index (Phi) is 2.98. The van der Waals surface area contributed by atoms with Crippen molar-refractivity contribution in [2.24, 2.45) is 0 Å². The van der Waals surface area contributed by atoms with Crippen molar-refractivity contribution in [1.82, 2.24) is 19.9 Å². The molecule has 0 amide bonds. The second-order valence-corrected chi connectivity index (χ2v) is 4.70. The molecule has 20 heavy (non-hydrogen) atoms. The third-order valence-electron chi connectivity index (χ3n) is 3.37. The summed E-state index contributed by atoms with van der Waals surface area (Å²) in [4.78, 5) is 15.4. The van der Waals surface area contributed by atoms with Crippen LogP contribution < -0.4 is 5.32 Å². The number of nitrogens with one attached hydrogen (secondary N) is 2. The molecule has 0 aliphatic carbocycles. The molecule has 0 radical (unpaired) electrons. The van der Waals surface area contributed by atoms with Crippen LogP contribution in [-0.2, 0) is 6.54 Å². The lowest BCUT2D eigenvalue weighted by Crippen LogP contribution is -2.05. The smallest absolute Gasteiger partial charge is 0.182 e. The Labute approximate surface area is 115 Å². The maximum atomic E-state index is 10.1. The molecule has 2 aromatic heterocycles. The predicted molar refractivity (Wildman–Crippen MR) is 76.6 cm³/mol. The Morgan fingerprint density at radius 2 is 1.95 bits per heavy atom. The first-order valence-electron chi connectivity index (χ1n) is 6.33. The second kappa shape index (κ2) is 4.80. The number of benzene rings is 1. The maximum absolute atomic E-state index is 10.1. The van der Waals surface area contributed by atoms with Crippen LogP contribution in [0.15, 0.2) is 24.8 Å². The molecular weight excluding hydrogens is 254 g/mol. The molecule has 2 heterocycles. The van der Waals surface area contributed by atoms with Gasteiger partial charge < -0.3 is 15.4 Å². The first-order valence-corrected chi connectivity index (χ1v) is 6.33. The summed E-state index contributed by atoms with van der Waals surface area (Å²) in [5.41, 5.74) is 4.15. The molecule has 0 spiro atoms. The Hall–Kier alpha value is -2.63. The van der Waals surface area contributed by atoms with Crippen molar-refractivity contribution >= 4 is 17.0 Å². The van der Waals surface area contributed by atoms with Gasteiger partial charge in [-0.15, -0.1) is 0 Å². The van der Waals surface area contributed by atoms with E-state index in [9.17, 15) is 5.11 Å². The number of nitrogens with zero attached hydrogens (tertiary/aromatic N) is 3. The number of rotatable bonds is 3. The molecule has 3 N–H and O–H groups in total. The summed E-state index contributed by atoms with van der Waals surface area (Å²) < 4.78 is 0. The van der Waals surface area contributed by atoms with E-state index in [4.69, 9.17) is 0 Å². The van der Waals surface area contributed by atoms with E-state index >= 15 is 0 Å². The standard InChI is InChI=1S/C14H15N5O/c1-8-3-4-9(2)12(20)10(8)5-15-13-11-14(17-6-16-11)19-7-18-13/h3-4,6-7,20H,5H2,1-2H3,(H2,15,16,17,18,19). The molecule has 0 aliphatic rings. The lowest BCUT2D eigenvalue weighted by molar-refractivity contribution is 0.464. The molecule has 0 bridgehead atoms. The van der Waals surface area contributed by atoms with Crippen molar-refractivity contribution < 1.29 is 5.11 Å². The van der Waals surface area contributed by atoms with Crippen molar-refractivity contribution in [3.8, 4) is 5.75 Å². The van der Waals surface area contributed by atoms with Crippen LogP contribution >= 0.6 is 0 Å². The average Bonchev–Trinajstić information content (AvgIpc) is 2.92. The monoisotopic (exact) mass is 269 g/mol. The summed E-state index contributed by atoms with van der Waals surface area (Å²) in [6.45, 7) is 4.35. The number of imidazole rings is 1. The first-order chi connectivity index (χ1) is 9.66. The van der Waals surface area contributed by atoms with Gasteiger partial charge in [-0.3, -0.25) is 0 Å². The normalized spacial score (nSPS) is 10.9. The highest BCUT2D eigenvalue weighted by atomic mass is 16.3. The summed E-state index contributed by atoms with van der Waals surface area (Å²) in [5.74, 6) is 1.00. The molecule has 0 saturated carbocycles. The highest BCUT2D eigenvalue weighted by molar-refractivity contribution is 5.81. The van der Waals surface area contributed by atoms with Crippen LogP contribution in [-0.4, -0.2) is 25.0 Å². The van der Waals surface area contributed by atoms with Gasteiger partial charge in [0.1, 0.15) is 17.6 Å². The van der Waals surface area contributed by atoms with Crippen molar-refractivity contribution in [1.29, 1.82) is 0 Å². The molecule has 1 aromatic carbocycles. The van der Waals surface area contributed by atoms with Crippen molar-refractivity contribution in [3.63, 3.8) is 0 Å². The van der Waals surface area contributed by atoms with Gasteiger partial charge >= 0.3 is 0 Å². The van der Waals surface area contributed by atoms with E-state index < -0.39 is 0 Å². The zero-order chi connectivity index (χ0) is 14.1. The Bertz CT molecular complexity index is 765. The zero-order valence-electron chi connectivity index (χ0n) is 11.3. The molecule has 3 rings (SSSR count). The molecule has 3 aromatic rings. The van der Waals surface area contributed by atoms with Gasteiger partial charge in [-0.25, -0.2) is 15.0 Å². The lowest BCUT2D eigenvalue weighted by Gasteiger charge is -2.12. The fourth-order valence-corrected chi connectivity index (χ4v) is 2.15. The molecule has 0 unspecified atom stereocenters. The number of fused-ring (bicyclic) bond motifs is 1. The van der Waals surface area contributed by atoms with Gasteiger partial charge in [-0.2, -0.15) is 0 Å². The number of aromatic hydroxyl groups is 1. The minimum atomic E-state index is 0.326. The number of anilines is 1. The summed E-state index contributed by atoms with van der Waals surface area (Å²) in [7, 11) is 0. The van der Waals surface area contributed by atoms with E-state index in [0.29, 0.717) is 23.8 Å². The number of aromatic nitrogens is 4. The van der Waals surface area contributed by atoms with E-state index in [1.54, 1.807) is 6.33 Å². The Morgan fingerprint density at radius 3 is 2.80 bits per heavy atom. The average molecular weight is 269 g/mol. The molecule has 0 saturated heterocycles. The number of hydrogen-bond acceptors (Lipinski definition) is 5. The lowest BCUT2D eigenvalue weighted by atomic mass is 10.0. The molecule has 0 fully saturated rings. The van der Waals surface area contributed by atoms with Crippen molar-refractivity contribution in [3.05, 3.63) is 41.5 Å². The number of phenols is 1. The van der Waals surface area contributed by atoms with Gasteiger partial charge in [0.2, 0.25) is 0 Å². The summed E-state index contributed by atoms with van der Waals surface area (Å²) in [6, 6.07) is 3.91. The number of H-pyrrole nitrogens is 1. The van der Waals surface area contributed by atoms with Gasteiger partial charge in [0.05, 0.1) is 6.33 Å². The molecule has 6 heteroatoms. The van der Waals surface area contributed by atoms with E-state index in [1.807, 2.05) is 26.0 Å². The highest BCUT2D eigenvalue weighted by Gasteiger charge is 2.10. The van der Waals surface area contributed by atoms with Gasteiger partial charge in [0.15, 0.2) is 11.5 Å². The maximum Gasteiger partial charge on any atom is 0.182 e. The van der Waals surface area contributed by atoms with Crippen molar-refractivity contribution in [2.45, 2.75) is 20.4 Å². The van der Waals surface area contributed by atoms with Gasteiger partial charge in [0.25, 0.3) is 0 Å². The van der Waals surface area contributed by atoms with Crippen LogP contribution in [0.25, 0.3) is 11.2 Å². The molecule has 6 nitrogen and oxygen atoms in total. The molecule has 0 atom stereocenters. The zero-order valence-corrected chi connectivity index (χ0v) is 11.3. The third-order valence-corrected chi connectivity index (χ3v) is 3.37. The predicted octanol–water partition coefficient (Wildman–Crippen LogP) is 2.29. The molecule has 102 valence electrons. The first kappa shape index (κ1) is 12.4. The van der Waals surface area contributed by atoms with Crippen LogP contribution in [0.1, 0.15) is 16.7 Å². The van der Waals surface area contributed by atoms with Gasteiger partial charge in [-0.1, -0.05) is 12.1 Å². The SMILES string of the molecule is Cc1ccc(C)c(CNc2ncnc3nc[nH]c23)c1O. The topological polar surface area (TPSA) is 86.7 Å². The number of aromatic amines is 1. The fraction of sp³-hybridized carbons (Fsp3) is 0.214. The minimum absolute atomic E-state index is 0.326. The van der Waals surface area contributed by atoms with Crippen molar-refractivity contribution in [2.75, 3.05) is 5.32 Å². The Balaban J connectivity index is 1.90. The number of hydrogen-bond donors (Lipinski definition) is 3. The van der Waals surface area contributed by atoms with Crippen LogP contribution in [0.4, 0.5) is 5.82 Å². The quantitative estimate of drug-likeness (QED) is 0.679. The Morgan fingerprint density at radius 1 is 1.15 bits per heavy atom. The van der Waals surface area contributed by atoms with Crippen LogP contribution in [0, 0.1) is 13.8 Å². The van der Waals surface area contributed by atoms with Gasteiger partial charge in [0, 0.05) is 12.1 Å². The van der Waals surface area contributed by atoms with Crippen LogP contribution in [0.2, 0.25) is 0 Å². The molecular formula is C14H15N5O. The number of aryl methyl sites for hydroxylation is 2. The second-order valence-electron chi connectivity index (χ2n) is 4.70. The summed E-state index contributed by atoms with van der Waals surface area (Å²) >= 11 is 0. The van der Waals surface area contributed by atoms with E-state index in [-0.39, 0.29) is 0 Å². The van der Waals surface area contributed by atoms with E-state index in [2.05, 4.69) is 25.3 Å². The van der Waals surface area contributed by atoms with E-state index in [1.165, 1.54) is 6.33 Å². The number of phenolic OH excluding ortho intramolecular Hbond substituents is 1. The van der Waals surface area contributed by atoms with E-state index in [0.717, 1.165) is 22.2 Å². The third kappa shape index (κ3) is 2.05. The largest absolute Gasteiger partial charge is 0.507 e. The molecule has 0 aliphatic heterocycles. The fourth-order valence-electron chi connectivity index (χ4n) is 2.15. The summed E-state index contributed by atoms with van der Waals surface area (Å²) in [6.07, 6.45) is 3.05. The van der Waals surface area contributed by atoms with Crippen LogP contribution in [0.5, 0.6) is 5.75 Å². The van der Waals surface area contributed by atoms with Crippen LogP contribution in [0.3, 0.4) is 0 Å². The van der Waals surface area contributed by atoms with Gasteiger partial charge in [-0.05, 0) is 25.0 Å². The minimum Gasteiger partial charge on any atom is -0.507 e. The summed E-state index contributed by atoms with van der Waals surface area (Å²) in [5, 5.41) is 13.4. The highest BCUT2D eigenvalue weighted by Crippen LogP contribution is 2.26.